The molecule has 0 aliphatic rings. The van der Waals surface area contributed by atoms with Crippen molar-refractivity contribution >= 4 is 54.3 Å². The fraction of sp³-hybridized carbons (Fsp3) is 0. The fourth-order valence-electron chi connectivity index (χ4n) is 7.20. The van der Waals surface area contributed by atoms with Crippen molar-refractivity contribution in [1.29, 1.82) is 0 Å². The number of benzene rings is 8. The van der Waals surface area contributed by atoms with Crippen LogP contribution in [-0.4, -0.2) is 15.0 Å². The summed E-state index contributed by atoms with van der Waals surface area (Å²) in [5.41, 5.74) is 6.90. The lowest BCUT2D eigenvalue weighted by Crippen LogP contribution is -2.01. The number of rotatable bonds is 4. The Balaban J connectivity index is 1.27. The van der Waals surface area contributed by atoms with E-state index in [1.165, 1.54) is 10.9 Å². The molecule has 0 radical (unpaired) electrons. The molecule has 4 heteroatoms. The molecule has 49 heavy (non-hydrogen) atoms. The van der Waals surface area contributed by atoms with Crippen LogP contribution in [-0.2, 0) is 0 Å². The van der Waals surface area contributed by atoms with E-state index in [1.54, 1.807) is 0 Å². The van der Waals surface area contributed by atoms with Gasteiger partial charge in [0.05, 0.1) is 0 Å². The average Bonchev–Trinajstić information content (AvgIpc) is 3.56. The van der Waals surface area contributed by atoms with Gasteiger partial charge in [-0.15, -0.1) is 0 Å². The second-order valence-corrected chi connectivity index (χ2v) is 12.4. The van der Waals surface area contributed by atoms with E-state index in [9.17, 15) is 0 Å². The number of para-hydroxylation sites is 1. The van der Waals surface area contributed by atoms with Gasteiger partial charge in [-0.05, 0) is 62.3 Å². The number of furan rings is 1. The van der Waals surface area contributed by atoms with E-state index in [-0.39, 0.29) is 0 Å². The first-order valence-electron chi connectivity index (χ1n) is 16.4. The Morgan fingerprint density at radius 1 is 0.327 bits per heavy atom. The molecule has 10 aromatic rings. The van der Waals surface area contributed by atoms with Gasteiger partial charge in [-0.25, -0.2) is 15.0 Å². The zero-order valence-corrected chi connectivity index (χ0v) is 26.3. The largest absolute Gasteiger partial charge is 0.456 e. The SMILES string of the molecule is c1ccc(-c2ccc(-c3nc(-c4cccc5ccccc45)nc(-c4cc5ccccc5c5c4ccc4oc6ccccc6c45)n3)cc2)cc1. The van der Waals surface area contributed by atoms with Crippen molar-refractivity contribution in [2.45, 2.75) is 0 Å². The van der Waals surface area contributed by atoms with Crippen molar-refractivity contribution in [2.75, 3.05) is 0 Å². The van der Waals surface area contributed by atoms with Crippen LogP contribution < -0.4 is 0 Å². The maximum atomic E-state index is 6.35. The lowest BCUT2D eigenvalue weighted by Gasteiger charge is -2.14. The van der Waals surface area contributed by atoms with Crippen molar-refractivity contribution in [2.24, 2.45) is 0 Å². The van der Waals surface area contributed by atoms with Gasteiger partial charge in [0.15, 0.2) is 17.5 Å². The first-order chi connectivity index (χ1) is 24.3. The molecule has 0 N–H and O–H groups in total. The zero-order valence-electron chi connectivity index (χ0n) is 26.3. The molecule has 0 amide bonds. The Labute approximate surface area is 282 Å². The predicted molar refractivity (Wildman–Crippen MR) is 201 cm³/mol. The summed E-state index contributed by atoms with van der Waals surface area (Å²) in [5, 5.41) is 8.92. The van der Waals surface area contributed by atoms with Gasteiger partial charge in [-0.3, -0.25) is 0 Å². The molecule has 0 aliphatic heterocycles. The number of hydrogen-bond donors (Lipinski definition) is 0. The third-order valence-corrected chi connectivity index (χ3v) is 9.52. The summed E-state index contributed by atoms with van der Waals surface area (Å²) < 4.78 is 6.35. The Bertz CT molecular complexity index is 2870. The Hall–Kier alpha value is -6.65. The van der Waals surface area contributed by atoms with E-state index in [4.69, 9.17) is 19.4 Å². The number of hydrogen-bond acceptors (Lipinski definition) is 4. The molecule has 0 saturated heterocycles. The smallest absolute Gasteiger partial charge is 0.164 e. The van der Waals surface area contributed by atoms with Gasteiger partial charge < -0.3 is 4.42 Å². The van der Waals surface area contributed by atoms with Gasteiger partial charge in [0.2, 0.25) is 0 Å². The van der Waals surface area contributed by atoms with Gasteiger partial charge in [0.25, 0.3) is 0 Å². The van der Waals surface area contributed by atoms with Crippen molar-refractivity contribution in [3.05, 3.63) is 164 Å². The zero-order chi connectivity index (χ0) is 32.3. The molecule has 0 saturated carbocycles. The van der Waals surface area contributed by atoms with E-state index in [1.807, 2.05) is 18.2 Å². The van der Waals surface area contributed by atoms with Crippen LogP contribution in [0, 0.1) is 0 Å². The van der Waals surface area contributed by atoms with Crippen LogP contribution in [0.5, 0.6) is 0 Å². The second kappa shape index (κ2) is 11.0. The molecule has 0 atom stereocenters. The molecule has 8 aromatic carbocycles. The lowest BCUT2D eigenvalue weighted by atomic mass is 9.93. The highest BCUT2D eigenvalue weighted by Gasteiger charge is 2.20. The van der Waals surface area contributed by atoms with Crippen LogP contribution in [0.1, 0.15) is 0 Å². The van der Waals surface area contributed by atoms with Gasteiger partial charge in [-0.1, -0.05) is 140 Å². The van der Waals surface area contributed by atoms with Crippen LogP contribution in [0.3, 0.4) is 0 Å². The quantitative estimate of drug-likeness (QED) is 0.183. The molecule has 0 spiro atoms. The Morgan fingerprint density at radius 2 is 0.939 bits per heavy atom. The molecule has 4 nitrogen and oxygen atoms in total. The van der Waals surface area contributed by atoms with Crippen LogP contribution >= 0.6 is 0 Å². The Kier molecular flexibility index (Phi) is 6.15. The van der Waals surface area contributed by atoms with Gasteiger partial charge >= 0.3 is 0 Å². The summed E-state index contributed by atoms with van der Waals surface area (Å²) >= 11 is 0. The standard InChI is InChI=1S/C45H27N3O/c1-2-11-28(12-3-1)29-21-23-31(24-22-29)43-46-44(36-19-10-15-30-13-4-6-16-33(30)36)48-45(47-43)38-27-32-14-5-7-17-34(32)41-35(38)25-26-40-42(41)37-18-8-9-20-39(37)49-40/h1-27H. The third kappa shape index (κ3) is 4.49. The normalized spacial score (nSPS) is 11.7. The van der Waals surface area contributed by atoms with Crippen LogP contribution in [0.4, 0.5) is 0 Å². The van der Waals surface area contributed by atoms with Crippen molar-refractivity contribution in [3.63, 3.8) is 0 Å². The van der Waals surface area contributed by atoms with Gasteiger partial charge in [0.1, 0.15) is 11.2 Å². The molecule has 2 aromatic heterocycles. The summed E-state index contributed by atoms with van der Waals surface area (Å²) in [6, 6.07) is 56.8. The third-order valence-electron chi connectivity index (χ3n) is 9.52. The van der Waals surface area contributed by atoms with Crippen molar-refractivity contribution in [1.82, 2.24) is 15.0 Å². The summed E-state index contributed by atoms with van der Waals surface area (Å²) in [4.78, 5) is 15.6. The van der Waals surface area contributed by atoms with E-state index in [0.29, 0.717) is 17.5 Å². The molecule has 0 bridgehead atoms. The van der Waals surface area contributed by atoms with E-state index in [2.05, 4.69) is 146 Å². The summed E-state index contributed by atoms with van der Waals surface area (Å²) in [5.74, 6) is 1.90. The minimum Gasteiger partial charge on any atom is -0.456 e. The molecule has 2 heterocycles. The first kappa shape index (κ1) is 27.5. The highest BCUT2D eigenvalue weighted by atomic mass is 16.3. The molecule has 228 valence electrons. The van der Waals surface area contributed by atoms with Crippen molar-refractivity contribution in [3.8, 4) is 45.3 Å². The predicted octanol–water partition coefficient (Wildman–Crippen LogP) is 11.9. The number of aromatic nitrogens is 3. The minimum atomic E-state index is 0.628. The second-order valence-electron chi connectivity index (χ2n) is 12.4. The number of nitrogens with zero attached hydrogens (tertiary/aromatic N) is 3. The highest BCUT2D eigenvalue weighted by Crippen LogP contribution is 2.42. The maximum Gasteiger partial charge on any atom is 0.164 e. The number of fused-ring (bicyclic) bond motifs is 8. The molecular weight excluding hydrogens is 599 g/mol. The minimum absolute atomic E-state index is 0.628. The molecular formula is C45H27N3O. The summed E-state index contributed by atoms with van der Waals surface area (Å²) in [6.07, 6.45) is 0. The van der Waals surface area contributed by atoms with Crippen LogP contribution in [0.25, 0.3) is 99.5 Å². The monoisotopic (exact) mass is 625 g/mol. The summed E-state index contributed by atoms with van der Waals surface area (Å²) in [6.45, 7) is 0. The van der Waals surface area contributed by atoms with E-state index >= 15 is 0 Å². The summed E-state index contributed by atoms with van der Waals surface area (Å²) in [7, 11) is 0. The molecule has 0 fully saturated rings. The molecule has 10 rings (SSSR count). The average molecular weight is 626 g/mol. The van der Waals surface area contributed by atoms with Crippen LogP contribution in [0.2, 0.25) is 0 Å². The van der Waals surface area contributed by atoms with E-state index < -0.39 is 0 Å². The maximum absolute atomic E-state index is 6.35. The first-order valence-corrected chi connectivity index (χ1v) is 16.4. The van der Waals surface area contributed by atoms with Crippen molar-refractivity contribution < 1.29 is 4.42 Å². The van der Waals surface area contributed by atoms with Crippen LogP contribution in [0.15, 0.2) is 168 Å². The van der Waals surface area contributed by atoms with Gasteiger partial charge in [0, 0.05) is 32.8 Å². The van der Waals surface area contributed by atoms with E-state index in [0.717, 1.165) is 71.1 Å². The topological polar surface area (TPSA) is 51.8 Å². The highest BCUT2D eigenvalue weighted by molar-refractivity contribution is 6.29. The fourth-order valence-corrected chi connectivity index (χ4v) is 7.20. The lowest BCUT2D eigenvalue weighted by molar-refractivity contribution is 0.669. The Morgan fingerprint density at radius 3 is 1.78 bits per heavy atom. The molecule has 0 aliphatic carbocycles. The van der Waals surface area contributed by atoms with Gasteiger partial charge in [-0.2, -0.15) is 0 Å². The molecule has 0 unspecified atom stereocenters.